The van der Waals surface area contributed by atoms with Gasteiger partial charge >= 0.3 is 5.97 Å². The second kappa shape index (κ2) is 11.0. The molecular weight excluding hydrogens is 410 g/mol. The molecule has 0 aliphatic rings. The van der Waals surface area contributed by atoms with Crippen LogP contribution in [0.3, 0.4) is 0 Å². The fourth-order valence-electron chi connectivity index (χ4n) is 2.19. The average molecular weight is 430 g/mol. The van der Waals surface area contributed by atoms with E-state index in [9.17, 15) is 9.59 Å². The molecule has 0 amide bonds. The van der Waals surface area contributed by atoms with Crippen LogP contribution in [0.5, 0.6) is 5.75 Å². The number of nitrogens with one attached hydrogen (secondary N) is 1. The molecule has 2 N–H and O–H groups in total. The Hall–Kier alpha value is -2.86. The van der Waals surface area contributed by atoms with E-state index in [-0.39, 0.29) is 5.56 Å². The minimum Gasteiger partial charge on any atom is -0.489 e. The molecule has 2 aromatic carbocycles. The number of hydrogen-bond acceptors (Lipinski definition) is 3. The number of benzene rings is 2. The third-order valence-corrected chi connectivity index (χ3v) is 3.95. The topological polar surface area (TPSA) is 79.4 Å². The number of carboxylic acid groups (broad SMARTS) is 1. The van der Waals surface area contributed by atoms with Gasteiger partial charge in [-0.3, -0.25) is 4.79 Å². The number of halogens is 1. The molecule has 27 heavy (non-hydrogen) atoms. The molecule has 0 fully saturated rings. The number of ether oxygens (including phenoxy) is 1. The van der Waals surface area contributed by atoms with E-state index in [0.29, 0.717) is 13.0 Å². The molecule has 0 saturated heterocycles. The normalized spacial score (nSPS) is 9.81. The van der Waals surface area contributed by atoms with Gasteiger partial charge in [-0.2, -0.15) is 0 Å². The van der Waals surface area contributed by atoms with Crippen LogP contribution >= 0.6 is 15.9 Å². The number of carboxylic acids is 1. The highest BCUT2D eigenvalue weighted by Gasteiger charge is 2.07. The lowest BCUT2D eigenvalue weighted by Crippen LogP contribution is -2.18. The van der Waals surface area contributed by atoms with Crippen molar-refractivity contribution in [1.29, 1.82) is 0 Å². The first-order chi connectivity index (χ1) is 13.1. The first-order valence-corrected chi connectivity index (χ1v) is 9.45. The number of carbonyl (C=O) groups is 1. The van der Waals surface area contributed by atoms with Gasteiger partial charge in [0.25, 0.3) is 5.56 Å². The van der Waals surface area contributed by atoms with Crippen molar-refractivity contribution >= 4 is 21.9 Å². The van der Waals surface area contributed by atoms with Crippen LogP contribution in [-0.4, -0.2) is 21.4 Å². The van der Waals surface area contributed by atoms with Gasteiger partial charge in [0.2, 0.25) is 0 Å². The van der Waals surface area contributed by atoms with Crippen LogP contribution in [-0.2, 0) is 13.0 Å². The Balaban J connectivity index is 0.000000194. The molecule has 0 unspecified atom stereocenters. The van der Waals surface area contributed by atoms with Crippen molar-refractivity contribution in [3.8, 4) is 5.75 Å². The third-order valence-electron chi connectivity index (χ3n) is 3.56. The minimum absolute atomic E-state index is 0.224. The summed E-state index contributed by atoms with van der Waals surface area (Å²) in [6.07, 6.45) is 0.676. The van der Waals surface area contributed by atoms with Crippen molar-refractivity contribution < 1.29 is 14.6 Å². The SMILES string of the molecule is O=C(O)c1ccc(CCBr)[nH]c1=O.c1ccc(COc2ccccc2)cc1. The lowest BCUT2D eigenvalue weighted by molar-refractivity contribution is 0.0695. The molecule has 1 aromatic heterocycles. The number of aromatic carboxylic acids is 1. The van der Waals surface area contributed by atoms with E-state index < -0.39 is 11.5 Å². The smallest absolute Gasteiger partial charge is 0.341 e. The Kier molecular flexibility index (Phi) is 8.32. The van der Waals surface area contributed by atoms with E-state index in [1.165, 1.54) is 11.6 Å². The summed E-state index contributed by atoms with van der Waals surface area (Å²) in [5, 5.41) is 9.29. The molecule has 0 atom stereocenters. The van der Waals surface area contributed by atoms with Crippen molar-refractivity contribution in [1.82, 2.24) is 4.98 Å². The van der Waals surface area contributed by atoms with Crippen molar-refractivity contribution in [3.63, 3.8) is 0 Å². The molecule has 140 valence electrons. The molecule has 5 nitrogen and oxygen atoms in total. The summed E-state index contributed by atoms with van der Waals surface area (Å²) in [6, 6.07) is 22.9. The van der Waals surface area contributed by atoms with E-state index in [4.69, 9.17) is 9.84 Å². The lowest BCUT2D eigenvalue weighted by Gasteiger charge is -2.05. The predicted molar refractivity (Wildman–Crippen MR) is 109 cm³/mol. The molecule has 6 heteroatoms. The van der Waals surface area contributed by atoms with Gasteiger partial charge in [0.05, 0.1) is 0 Å². The van der Waals surface area contributed by atoms with Gasteiger partial charge < -0.3 is 14.8 Å². The molecular formula is C21H20BrNO4. The second-order valence-corrected chi connectivity index (χ2v) is 6.35. The van der Waals surface area contributed by atoms with Crippen LogP contribution < -0.4 is 10.3 Å². The van der Waals surface area contributed by atoms with E-state index in [0.717, 1.165) is 16.8 Å². The van der Waals surface area contributed by atoms with E-state index >= 15 is 0 Å². The first-order valence-electron chi connectivity index (χ1n) is 8.33. The Bertz CT molecular complexity index is 855. The standard InChI is InChI=1S/C13H12O.C8H8BrNO3/c1-3-7-12(8-4-1)11-14-13-9-5-2-6-10-13;9-4-3-5-1-2-6(8(12)13)7(11)10-5/h1-10H,11H2;1-2H,3-4H2,(H,10,11)(H,12,13). The number of rotatable bonds is 6. The quantitative estimate of drug-likeness (QED) is 0.573. The van der Waals surface area contributed by atoms with Gasteiger partial charge in [0.1, 0.15) is 17.9 Å². The maximum Gasteiger partial charge on any atom is 0.341 e. The summed E-state index contributed by atoms with van der Waals surface area (Å²) in [4.78, 5) is 24.1. The number of aromatic amines is 1. The van der Waals surface area contributed by atoms with Crippen LogP contribution in [0.15, 0.2) is 77.6 Å². The summed E-state index contributed by atoms with van der Waals surface area (Å²) < 4.78 is 5.59. The van der Waals surface area contributed by atoms with Crippen LogP contribution in [0, 0.1) is 0 Å². The summed E-state index contributed by atoms with van der Waals surface area (Å²) >= 11 is 3.22. The highest BCUT2D eigenvalue weighted by molar-refractivity contribution is 9.09. The zero-order valence-corrected chi connectivity index (χ0v) is 16.2. The molecule has 0 bridgehead atoms. The molecule has 3 rings (SSSR count). The Morgan fingerprint density at radius 3 is 2.15 bits per heavy atom. The molecule has 1 heterocycles. The number of hydrogen-bond donors (Lipinski definition) is 2. The molecule has 0 saturated carbocycles. The van der Waals surface area contributed by atoms with Crippen LogP contribution in [0.4, 0.5) is 0 Å². The maximum absolute atomic E-state index is 11.1. The highest BCUT2D eigenvalue weighted by Crippen LogP contribution is 2.11. The van der Waals surface area contributed by atoms with Crippen LogP contribution in [0.25, 0.3) is 0 Å². The molecule has 0 aliphatic heterocycles. The summed E-state index contributed by atoms with van der Waals surface area (Å²) in [6.45, 7) is 0.630. The minimum atomic E-state index is -1.20. The average Bonchev–Trinajstić information content (AvgIpc) is 2.69. The lowest BCUT2D eigenvalue weighted by atomic mass is 10.2. The van der Waals surface area contributed by atoms with Gasteiger partial charge in [-0.1, -0.05) is 64.5 Å². The van der Waals surface area contributed by atoms with Crippen molar-refractivity contribution in [2.45, 2.75) is 13.0 Å². The van der Waals surface area contributed by atoms with Gasteiger partial charge in [-0.05, 0) is 36.2 Å². The van der Waals surface area contributed by atoms with Crippen LogP contribution in [0.1, 0.15) is 21.6 Å². The van der Waals surface area contributed by atoms with Gasteiger partial charge in [-0.15, -0.1) is 0 Å². The Morgan fingerprint density at radius 1 is 0.963 bits per heavy atom. The van der Waals surface area contributed by atoms with Crippen molar-refractivity contribution in [3.05, 3.63) is 100.0 Å². The fourth-order valence-corrected chi connectivity index (χ4v) is 2.62. The number of pyridine rings is 1. The Labute approximate surface area is 165 Å². The van der Waals surface area contributed by atoms with Gasteiger partial charge in [0, 0.05) is 11.0 Å². The number of H-pyrrole nitrogens is 1. The fraction of sp³-hybridized carbons (Fsp3) is 0.143. The maximum atomic E-state index is 11.1. The number of aryl methyl sites for hydroxylation is 1. The third kappa shape index (κ3) is 7.11. The second-order valence-electron chi connectivity index (χ2n) is 5.56. The summed E-state index contributed by atoms with van der Waals surface area (Å²) in [5.41, 5.74) is 1.15. The monoisotopic (exact) mass is 429 g/mol. The Morgan fingerprint density at radius 2 is 1.59 bits per heavy atom. The van der Waals surface area contributed by atoms with Crippen LogP contribution in [0.2, 0.25) is 0 Å². The number of para-hydroxylation sites is 1. The van der Waals surface area contributed by atoms with Gasteiger partial charge in [0.15, 0.2) is 0 Å². The molecule has 0 radical (unpaired) electrons. The summed E-state index contributed by atoms with van der Waals surface area (Å²) in [7, 11) is 0. The largest absolute Gasteiger partial charge is 0.489 e. The van der Waals surface area contributed by atoms with E-state index in [1.54, 1.807) is 6.07 Å². The zero-order valence-electron chi connectivity index (χ0n) is 14.6. The number of alkyl halides is 1. The van der Waals surface area contributed by atoms with Gasteiger partial charge in [-0.25, -0.2) is 4.79 Å². The molecule has 0 aliphatic carbocycles. The van der Waals surface area contributed by atoms with Crippen molar-refractivity contribution in [2.24, 2.45) is 0 Å². The van der Waals surface area contributed by atoms with E-state index in [1.807, 2.05) is 48.5 Å². The first kappa shape index (κ1) is 20.5. The van der Waals surface area contributed by atoms with Crippen molar-refractivity contribution in [2.75, 3.05) is 5.33 Å². The van der Waals surface area contributed by atoms with E-state index in [2.05, 4.69) is 33.0 Å². The highest BCUT2D eigenvalue weighted by atomic mass is 79.9. The predicted octanol–water partition coefficient (Wildman–Crippen LogP) is 4.28. The zero-order chi connectivity index (χ0) is 19.5. The molecule has 0 spiro atoms. The molecule has 3 aromatic rings. The summed E-state index contributed by atoms with van der Waals surface area (Å²) in [5.74, 6) is -0.289. The number of aromatic nitrogens is 1.